The second-order valence-corrected chi connectivity index (χ2v) is 2.67. The van der Waals surface area contributed by atoms with E-state index in [2.05, 4.69) is 4.74 Å². The van der Waals surface area contributed by atoms with Gasteiger partial charge in [-0.05, 0) is 17.7 Å². The van der Waals surface area contributed by atoms with E-state index in [1.165, 1.54) is 0 Å². The Bertz CT molecular complexity index is 346. The van der Waals surface area contributed by atoms with E-state index < -0.39 is 12.0 Å². The van der Waals surface area contributed by atoms with Crippen LogP contribution >= 0.6 is 0 Å². The van der Waals surface area contributed by atoms with Crippen molar-refractivity contribution in [1.29, 1.82) is 0 Å². The minimum absolute atomic E-state index is 0.0916. The number of benzene rings is 1. The van der Waals surface area contributed by atoms with Gasteiger partial charge in [0.05, 0.1) is 0 Å². The molecule has 1 rings (SSSR count). The van der Waals surface area contributed by atoms with Crippen LogP contribution in [0.4, 0.5) is 4.79 Å². The predicted molar refractivity (Wildman–Crippen MR) is 49.3 cm³/mol. The van der Waals surface area contributed by atoms with Crippen molar-refractivity contribution in [3.8, 4) is 0 Å². The number of hydrogen-bond acceptors (Lipinski definition) is 3. The van der Waals surface area contributed by atoms with E-state index >= 15 is 0 Å². The third-order valence-electron chi connectivity index (χ3n) is 1.62. The summed E-state index contributed by atoms with van der Waals surface area (Å²) in [6, 6.07) is 6.40. The van der Waals surface area contributed by atoms with Gasteiger partial charge in [-0.15, -0.1) is 0 Å². The molecule has 0 unspecified atom stereocenters. The predicted octanol–water partition coefficient (Wildman–Crippen LogP) is 0.381. The van der Waals surface area contributed by atoms with Crippen molar-refractivity contribution in [2.24, 2.45) is 11.5 Å². The first-order chi connectivity index (χ1) is 6.59. The number of nitrogens with two attached hydrogens (primary N) is 2. The molecule has 0 saturated heterocycles. The average Bonchev–Trinajstić information content (AvgIpc) is 2.15. The number of carbonyl (C=O) groups is 2. The molecule has 2 amide bonds. The van der Waals surface area contributed by atoms with Crippen LogP contribution in [0.3, 0.4) is 0 Å². The first kappa shape index (κ1) is 10.0. The smallest absolute Gasteiger partial charge is 0.404 e. The maximum Gasteiger partial charge on any atom is 0.404 e. The first-order valence-electron chi connectivity index (χ1n) is 3.90. The van der Waals surface area contributed by atoms with Crippen molar-refractivity contribution in [2.75, 3.05) is 0 Å². The van der Waals surface area contributed by atoms with Crippen LogP contribution < -0.4 is 11.5 Å². The van der Waals surface area contributed by atoms with Crippen LogP contribution in [0, 0.1) is 0 Å². The van der Waals surface area contributed by atoms with Gasteiger partial charge in [0, 0.05) is 5.56 Å². The van der Waals surface area contributed by atoms with E-state index in [0.717, 1.165) is 5.56 Å². The zero-order valence-corrected chi connectivity index (χ0v) is 7.40. The number of hydrogen-bond donors (Lipinski definition) is 2. The summed E-state index contributed by atoms with van der Waals surface area (Å²) in [4.78, 5) is 21.0. The Morgan fingerprint density at radius 1 is 1.14 bits per heavy atom. The van der Waals surface area contributed by atoms with Crippen molar-refractivity contribution in [1.82, 2.24) is 0 Å². The maximum atomic E-state index is 10.7. The summed E-state index contributed by atoms with van der Waals surface area (Å²) in [7, 11) is 0. The van der Waals surface area contributed by atoms with Crippen LogP contribution in [0.2, 0.25) is 0 Å². The van der Waals surface area contributed by atoms with Crippen molar-refractivity contribution in [2.45, 2.75) is 6.61 Å². The van der Waals surface area contributed by atoms with E-state index in [9.17, 15) is 9.59 Å². The fourth-order valence-electron chi connectivity index (χ4n) is 0.920. The molecular weight excluding hydrogens is 184 g/mol. The van der Waals surface area contributed by atoms with Gasteiger partial charge in [-0.1, -0.05) is 12.1 Å². The standard InChI is InChI=1S/C9H10N2O3/c10-8(12)7-3-1-6(2-4-7)5-14-9(11)13/h1-4H,5H2,(H2,10,12)(H2,11,13). The normalized spacial score (nSPS) is 9.43. The summed E-state index contributed by atoms with van der Waals surface area (Å²) in [6.45, 7) is 0.0916. The Labute approximate surface area is 80.6 Å². The molecule has 0 spiro atoms. The molecule has 74 valence electrons. The molecule has 0 aliphatic rings. The Kier molecular flexibility index (Phi) is 3.06. The maximum absolute atomic E-state index is 10.7. The quantitative estimate of drug-likeness (QED) is 0.728. The minimum atomic E-state index is -0.830. The molecule has 0 heterocycles. The molecule has 0 aliphatic carbocycles. The summed E-state index contributed by atoms with van der Waals surface area (Å²) < 4.78 is 4.55. The Hall–Kier alpha value is -2.04. The summed E-state index contributed by atoms with van der Waals surface area (Å²) in [5, 5.41) is 0. The number of primary amides is 2. The average molecular weight is 194 g/mol. The van der Waals surface area contributed by atoms with Gasteiger partial charge < -0.3 is 16.2 Å². The summed E-state index contributed by atoms with van der Waals surface area (Å²) in [6.07, 6.45) is -0.830. The highest BCUT2D eigenvalue weighted by atomic mass is 16.5. The molecule has 1 aromatic rings. The van der Waals surface area contributed by atoms with E-state index in [-0.39, 0.29) is 6.61 Å². The highest BCUT2D eigenvalue weighted by molar-refractivity contribution is 5.92. The highest BCUT2D eigenvalue weighted by Crippen LogP contribution is 2.04. The van der Waals surface area contributed by atoms with E-state index in [1.807, 2.05) is 0 Å². The molecule has 0 aliphatic heterocycles. The lowest BCUT2D eigenvalue weighted by Gasteiger charge is -2.01. The molecular formula is C9H10N2O3. The lowest BCUT2D eigenvalue weighted by atomic mass is 10.1. The lowest BCUT2D eigenvalue weighted by molar-refractivity contribution is 0.1000. The van der Waals surface area contributed by atoms with Crippen LogP contribution in [0.5, 0.6) is 0 Å². The Morgan fingerprint density at radius 2 is 1.71 bits per heavy atom. The molecule has 14 heavy (non-hydrogen) atoms. The van der Waals surface area contributed by atoms with Gasteiger partial charge in [0.1, 0.15) is 6.61 Å². The number of rotatable bonds is 3. The van der Waals surface area contributed by atoms with Crippen molar-refractivity contribution in [3.05, 3.63) is 35.4 Å². The van der Waals surface area contributed by atoms with Crippen LogP contribution in [0.25, 0.3) is 0 Å². The molecule has 5 nitrogen and oxygen atoms in total. The third-order valence-corrected chi connectivity index (χ3v) is 1.62. The lowest BCUT2D eigenvalue weighted by Crippen LogP contribution is -2.13. The molecule has 0 radical (unpaired) electrons. The van der Waals surface area contributed by atoms with E-state index in [0.29, 0.717) is 5.56 Å². The fraction of sp³-hybridized carbons (Fsp3) is 0.111. The SMILES string of the molecule is NC(=O)OCc1ccc(C(N)=O)cc1. The van der Waals surface area contributed by atoms with Crippen molar-refractivity contribution < 1.29 is 14.3 Å². The van der Waals surface area contributed by atoms with Gasteiger partial charge in [0.2, 0.25) is 5.91 Å². The molecule has 4 N–H and O–H groups in total. The molecule has 1 aromatic carbocycles. The molecule has 0 bridgehead atoms. The van der Waals surface area contributed by atoms with E-state index in [1.54, 1.807) is 24.3 Å². The topological polar surface area (TPSA) is 95.4 Å². The zero-order valence-electron chi connectivity index (χ0n) is 7.40. The summed E-state index contributed by atoms with van der Waals surface area (Å²) >= 11 is 0. The third kappa shape index (κ3) is 2.78. The second kappa shape index (κ2) is 4.27. The van der Waals surface area contributed by atoms with Crippen LogP contribution in [0.15, 0.2) is 24.3 Å². The minimum Gasteiger partial charge on any atom is -0.445 e. The largest absolute Gasteiger partial charge is 0.445 e. The van der Waals surface area contributed by atoms with Gasteiger partial charge in [-0.25, -0.2) is 4.79 Å². The van der Waals surface area contributed by atoms with Gasteiger partial charge in [0.15, 0.2) is 0 Å². The summed E-state index contributed by atoms with van der Waals surface area (Å²) in [5.74, 6) is -0.493. The molecule has 0 saturated carbocycles. The van der Waals surface area contributed by atoms with Crippen LogP contribution in [-0.4, -0.2) is 12.0 Å². The summed E-state index contributed by atoms with van der Waals surface area (Å²) in [5.41, 5.74) is 11.0. The monoisotopic (exact) mass is 194 g/mol. The van der Waals surface area contributed by atoms with Gasteiger partial charge in [-0.3, -0.25) is 4.79 Å². The number of ether oxygens (including phenoxy) is 1. The van der Waals surface area contributed by atoms with Gasteiger partial charge in [-0.2, -0.15) is 0 Å². The van der Waals surface area contributed by atoms with Crippen LogP contribution in [-0.2, 0) is 11.3 Å². The van der Waals surface area contributed by atoms with Crippen molar-refractivity contribution >= 4 is 12.0 Å². The van der Waals surface area contributed by atoms with E-state index in [4.69, 9.17) is 11.5 Å². The Morgan fingerprint density at radius 3 is 2.14 bits per heavy atom. The number of amides is 2. The molecule has 5 heteroatoms. The molecule has 0 atom stereocenters. The highest BCUT2D eigenvalue weighted by Gasteiger charge is 2.00. The molecule has 0 aromatic heterocycles. The zero-order chi connectivity index (χ0) is 10.6. The first-order valence-corrected chi connectivity index (χ1v) is 3.90. The fourth-order valence-corrected chi connectivity index (χ4v) is 0.920. The van der Waals surface area contributed by atoms with Gasteiger partial charge >= 0.3 is 6.09 Å². The van der Waals surface area contributed by atoms with Crippen molar-refractivity contribution in [3.63, 3.8) is 0 Å². The Balaban J connectivity index is 2.64. The van der Waals surface area contributed by atoms with Gasteiger partial charge in [0.25, 0.3) is 0 Å². The van der Waals surface area contributed by atoms with Crippen LogP contribution in [0.1, 0.15) is 15.9 Å². The molecule has 0 fully saturated rings. The second-order valence-electron chi connectivity index (χ2n) is 2.67. The number of carbonyl (C=O) groups excluding carboxylic acids is 2.